The van der Waals surface area contributed by atoms with E-state index in [1.54, 1.807) is 0 Å². The molecule has 0 saturated carbocycles. The number of amidine groups is 1. The van der Waals surface area contributed by atoms with Gasteiger partial charge >= 0.3 is 0 Å². The number of ether oxygens (including phenoxy) is 1. The molecule has 3 heteroatoms. The van der Waals surface area contributed by atoms with Crippen LogP contribution in [-0.4, -0.2) is 24.2 Å². The summed E-state index contributed by atoms with van der Waals surface area (Å²) in [7, 11) is 0. The van der Waals surface area contributed by atoms with Crippen molar-refractivity contribution in [2.45, 2.75) is 39.3 Å². The third-order valence-corrected chi connectivity index (χ3v) is 1.28. The lowest BCUT2D eigenvalue weighted by Gasteiger charge is -2.20. The highest BCUT2D eigenvalue weighted by molar-refractivity contribution is 5.75. The number of nitrogens with zero attached hydrogens (tertiary/aromatic N) is 1. The molecule has 1 aliphatic heterocycles. The molecule has 1 N–H and O–H groups in total. The normalized spacial score (nSPS) is 24.4. The fourth-order valence-corrected chi connectivity index (χ4v) is 0.863. The third kappa shape index (κ3) is 2.78. The molecule has 0 saturated heterocycles. The van der Waals surface area contributed by atoms with Crippen molar-refractivity contribution >= 4 is 6.02 Å². The molecular weight excluding hydrogens is 140 g/mol. The van der Waals surface area contributed by atoms with Gasteiger partial charge in [-0.1, -0.05) is 0 Å². The molecule has 0 aromatic rings. The van der Waals surface area contributed by atoms with Crippen molar-refractivity contribution in [1.29, 1.82) is 0 Å². The van der Waals surface area contributed by atoms with Crippen LogP contribution in [0.1, 0.15) is 27.7 Å². The van der Waals surface area contributed by atoms with Gasteiger partial charge in [0.15, 0.2) is 0 Å². The Morgan fingerprint density at radius 3 is 2.55 bits per heavy atom. The van der Waals surface area contributed by atoms with Crippen LogP contribution in [0.2, 0.25) is 0 Å². The molecule has 3 nitrogen and oxygen atoms in total. The molecule has 0 bridgehead atoms. The topological polar surface area (TPSA) is 33.6 Å². The highest BCUT2D eigenvalue weighted by Crippen LogP contribution is 2.05. The molecule has 0 fully saturated rings. The summed E-state index contributed by atoms with van der Waals surface area (Å²) in [5, 5.41) is 3.18. The lowest BCUT2D eigenvalue weighted by atomic mass is 10.1. The Kier molecular flexibility index (Phi) is 2.07. The van der Waals surface area contributed by atoms with E-state index in [0.717, 1.165) is 0 Å². The second-order valence-corrected chi connectivity index (χ2v) is 3.97. The van der Waals surface area contributed by atoms with Crippen molar-refractivity contribution in [2.75, 3.05) is 6.61 Å². The molecule has 1 aliphatic rings. The lowest BCUT2D eigenvalue weighted by molar-refractivity contribution is 0.297. The molecule has 1 heterocycles. The maximum atomic E-state index is 5.28. The van der Waals surface area contributed by atoms with Gasteiger partial charge in [-0.25, -0.2) is 4.99 Å². The van der Waals surface area contributed by atoms with Crippen LogP contribution in [0.4, 0.5) is 0 Å². The summed E-state index contributed by atoms with van der Waals surface area (Å²) in [4.78, 5) is 4.26. The van der Waals surface area contributed by atoms with Crippen LogP contribution >= 0.6 is 0 Å². The van der Waals surface area contributed by atoms with Gasteiger partial charge in [0.05, 0.1) is 6.04 Å². The molecule has 0 amide bonds. The van der Waals surface area contributed by atoms with Crippen LogP contribution in [0.3, 0.4) is 0 Å². The predicted molar refractivity (Wildman–Crippen MR) is 45.7 cm³/mol. The molecule has 0 unspecified atom stereocenters. The Morgan fingerprint density at radius 1 is 1.55 bits per heavy atom. The van der Waals surface area contributed by atoms with E-state index in [1.807, 2.05) is 6.92 Å². The molecule has 0 aromatic heterocycles. The van der Waals surface area contributed by atoms with Crippen LogP contribution in [0.25, 0.3) is 0 Å². The summed E-state index contributed by atoms with van der Waals surface area (Å²) in [5.41, 5.74) is 0.0445. The molecule has 0 spiro atoms. The van der Waals surface area contributed by atoms with E-state index in [-0.39, 0.29) is 5.54 Å². The molecule has 11 heavy (non-hydrogen) atoms. The fraction of sp³-hybridized carbons (Fsp3) is 0.875. The number of nitrogens with one attached hydrogen (secondary N) is 1. The molecule has 0 aromatic carbocycles. The quantitative estimate of drug-likeness (QED) is 0.570. The van der Waals surface area contributed by atoms with Gasteiger partial charge in [-0.3, -0.25) is 0 Å². The third-order valence-electron chi connectivity index (χ3n) is 1.28. The van der Waals surface area contributed by atoms with Gasteiger partial charge in [-0.05, 0) is 27.7 Å². The van der Waals surface area contributed by atoms with E-state index < -0.39 is 0 Å². The van der Waals surface area contributed by atoms with Gasteiger partial charge in [-0.15, -0.1) is 0 Å². The smallest absolute Gasteiger partial charge is 0.285 e. The van der Waals surface area contributed by atoms with Crippen LogP contribution in [-0.2, 0) is 4.74 Å². The number of aliphatic imine (C=N–C) groups is 1. The molecule has 1 atom stereocenters. The van der Waals surface area contributed by atoms with Crippen molar-refractivity contribution in [3.8, 4) is 0 Å². The van der Waals surface area contributed by atoms with E-state index in [0.29, 0.717) is 18.7 Å². The number of hydrogen-bond acceptors (Lipinski definition) is 3. The van der Waals surface area contributed by atoms with Crippen molar-refractivity contribution in [3.63, 3.8) is 0 Å². The Balaban J connectivity index is 2.45. The first-order valence-electron chi connectivity index (χ1n) is 3.96. The zero-order chi connectivity index (χ0) is 8.48. The lowest BCUT2D eigenvalue weighted by Crippen LogP contribution is -2.40. The van der Waals surface area contributed by atoms with Crippen molar-refractivity contribution in [3.05, 3.63) is 0 Å². The van der Waals surface area contributed by atoms with E-state index in [4.69, 9.17) is 4.74 Å². The first-order valence-corrected chi connectivity index (χ1v) is 3.96. The highest BCUT2D eigenvalue weighted by Gasteiger charge is 2.19. The van der Waals surface area contributed by atoms with Crippen LogP contribution < -0.4 is 5.32 Å². The second-order valence-electron chi connectivity index (χ2n) is 3.97. The highest BCUT2D eigenvalue weighted by atomic mass is 16.5. The van der Waals surface area contributed by atoms with Crippen LogP contribution in [0.15, 0.2) is 4.99 Å². The van der Waals surface area contributed by atoms with Gasteiger partial charge < -0.3 is 10.1 Å². The standard InChI is InChI=1S/C8H16N2O/c1-6-5-11-7(9-6)10-8(2,3)4/h6H,5H2,1-4H3,(H,9,10)/t6-/m0/s1. The minimum absolute atomic E-state index is 0.0445. The van der Waals surface area contributed by atoms with E-state index in [1.165, 1.54) is 0 Å². The van der Waals surface area contributed by atoms with E-state index >= 15 is 0 Å². The van der Waals surface area contributed by atoms with Crippen molar-refractivity contribution in [1.82, 2.24) is 5.32 Å². The maximum absolute atomic E-state index is 5.28. The molecule has 1 rings (SSSR count). The largest absolute Gasteiger partial charge is 0.463 e. The first kappa shape index (κ1) is 8.37. The summed E-state index contributed by atoms with van der Waals surface area (Å²) in [6.07, 6.45) is 0. The molecular formula is C8H16N2O. The van der Waals surface area contributed by atoms with Gasteiger partial charge in [0, 0.05) is 5.54 Å². The molecule has 0 radical (unpaired) electrons. The van der Waals surface area contributed by atoms with Crippen molar-refractivity contribution < 1.29 is 4.74 Å². The minimum Gasteiger partial charge on any atom is -0.463 e. The van der Waals surface area contributed by atoms with Crippen LogP contribution in [0.5, 0.6) is 0 Å². The second kappa shape index (κ2) is 2.72. The van der Waals surface area contributed by atoms with Gasteiger partial charge in [-0.2, -0.15) is 0 Å². The fourth-order valence-electron chi connectivity index (χ4n) is 0.863. The Morgan fingerprint density at radius 2 is 2.18 bits per heavy atom. The molecule has 64 valence electrons. The van der Waals surface area contributed by atoms with Crippen molar-refractivity contribution in [2.24, 2.45) is 4.99 Å². The zero-order valence-electron chi connectivity index (χ0n) is 7.64. The Labute approximate surface area is 67.8 Å². The zero-order valence-corrected chi connectivity index (χ0v) is 7.64. The first-order chi connectivity index (χ1) is 4.97. The summed E-state index contributed by atoms with van der Waals surface area (Å²) < 4.78 is 5.28. The SMILES string of the molecule is C[C@H]1COC(NC(C)(C)C)=N1. The average molecular weight is 156 g/mol. The minimum atomic E-state index is 0.0445. The van der Waals surface area contributed by atoms with Crippen LogP contribution in [0, 0.1) is 0 Å². The monoisotopic (exact) mass is 156 g/mol. The van der Waals surface area contributed by atoms with E-state index in [9.17, 15) is 0 Å². The van der Waals surface area contributed by atoms with Gasteiger partial charge in [0.25, 0.3) is 6.02 Å². The maximum Gasteiger partial charge on any atom is 0.285 e. The van der Waals surface area contributed by atoms with Gasteiger partial charge in [0.1, 0.15) is 6.61 Å². The summed E-state index contributed by atoms with van der Waals surface area (Å²) in [6.45, 7) is 9.00. The Hall–Kier alpha value is -0.730. The number of rotatable bonds is 0. The molecule has 0 aliphatic carbocycles. The summed E-state index contributed by atoms with van der Waals surface area (Å²) >= 11 is 0. The van der Waals surface area contributed by atoms with E-state index in [2.05, 4.69) is 31.1 Å². The van der Waals surface area contributed by atoms with Gasteiger partial charge in [0.2, 0.25) is 0 Å². The number of hydrogen-bond donors (Lipinski definition) is 1. The summed E-state index contributed by atoms with van der Waals surface area (Å²) in [6, 6.07) is 0.991. The predicted octanol–water partition coefficient (Wildman–Crippen LogP) is 1.15. The summed E-state index contributed by atoms with van der Waals surface area (Å²) in [5.74, 6) is 0. The average Bonchev–Trinajstić information content (AvgIpc) is 2.10. The Bertz CT molecular complexity index is 169.